The predicted octanol–water partition coefficient (Wildman–Crippen LogP) is 1.16. The molecule has 1 aliphatic heterocycles. The topological polar surface area (TPSA) is 62.5 Å². The molecule has 5 nitrogen and oxygen atoms in total. The molecule has 1 aliphatic rings. The minimum Gasteiger partial charge on any atom is -0.353 e. The number of rotatable bonds is 3. The van der Waals surface area contributed by atoms with E-state index in [1.807, 2.05) is 17.2 Å². The normalized spacial score (nSPS) is 17.4. The summed E-state index contributed by atoms with van der Waals surface area (Å²) in [5.74, 6) is 1.11. The maximum Gasteiger partial charge on any atom is 0.219 e. The standard InChI is InChI=1S/C14H22N4O/c1-3-13(15)12-4-5-16-14(10-12)18-8-6-17(7-9-18)11(2)19/h4-5,10,13H,3,6-9,15H2,1-2H3/t13-/m0/s1. The summed E-state index contributed by atoms with van der Waals surface area (Å²) >= 11 is 0. The molecule has 2 N–H and O–H groups in total. The molecule has 0 radical (unpaired) electrons. The van der Waals surface area contributed by atoms with Crippen LogP contribution in [-0.4, -0.2) is 42.0 Å². The van der Waals surface area contributed by atoms with Crippen molar-refractivity contribution in [2.24, 2.45) is 5.73 Å². The summed E-state index contributed by atoms with van der Waals surface area (Å²) < 4.78 is 0. The first kappa shape index (κ1) is 13.8. The van der Waals surface area contributed by atoms with Crippen LogP contribution in [0.25, 0.3) is 0 Å². The van der Waals surface area contributed by atoms with E-state index in [-0.39, 0.29) is 11.9 Å². The summed E-state index contributed by atoms with van der Waals surface area (Å²) in [4.78, 5) is 19.8. The molecule has 0 aromatic carbocycles. The fraction of sp³-hybridized carbons (Fsp3) is 0.571. The van der Waals surface area contributed by atoms with E-state index in [1.165, 1.54) is 0 Å². The first-order valence-corrected chi connectivity index (χ1v) is 6.83. The molecule has 1 saturated heterocycles. The lowest BCUT2D eigenvalue weighted by Gasteiger charge is -2.35. The van der Waals surface area contributed by atoms with Crippen LogP contribution in [0.2, 0.25) is 0 Å². The van der Waals surface area contributed by atoms with E-state index in [0.29, 0.717) is 0 Å². The van der Waals surface area contributed by atoms with E-state index < -0.39 is 0 Å². The van der Waals surface area contributed by atoms with Gasteiger partial charge in [-0.3, -0.25) is 4.79 Å². The Morgan fingerprint density at radius 1 is 1.42 bits per heavy atom. The number of pyridine rings is 1. The molecule has 5 heteroatoms. The fourth-order valence-electron chi connectivity index (χ4n) is 2.32. The van der Waals surface area contributed by atoms with E-state index >= 15 is 0 Å². The van der Waals surface area contributed by atoms with Crippen LogP contribution < -0.4 is 10.6 Å². The summed E-state index contributed by atoms with van der Waals surface area (Å²) in [5.41, 5.74) is 7.18. The molecule has 0 spiro atoms. The molecular formula is C14H22N4O. The highest BCUT2D eigenvalue weighted by Crippen LogP contribution is 2.19. The van der Waals surface area contributed by atoms with Gasteiger partial charge in [0.25, 0.3) is 0 Å². The molecule has 2 heterocycles. The molecule has 2 rings (SSSR count). The summed E-state index contributed by atoms with van der Waals surface area (Å²) in [6.45, 7) is 6.89. The Hall–Kier alpha value is -1.62. The average molecular weight is 262 g/mol. The highest BCUT2D eigenvalue weighted by molar-refractivity contribution is 5.73. The van der Waals surface area contributed by atoms with Crippen LogP contribution >= 0.6 is 0 Å². The lowest BCUT2D eigenvalue weighted by atomic mass is 10.1. The second-order valence-electron chi connectivity index (χ2n) is 4.96. The smallest absolute Gasteiger partial charge is 0.219 e. The highest BCUT2D eigenvalue weighted by Gasteiger charge is 2.19. The van der Waals surface area contributed by atoms with Crippen molar-refractivity contribution < 1.29 is 4.79 Å². The number of anilines is 1. The largest absolute Gasteiger partial charge is 0.353 e. The van der Waals surface area contributed by atoms with Crippen LogP contribution in [-0.2, 0) is 4.79 Å². The average Bonchev–Trinajstić information content (AvgIpc) is 2.46. The number of piperazine rings is 1. The number of nitrogens with two attached hydrogens (primary N) is 1. The van der Waals surface area contributed by atoms with Crippen molar-refractivity contribution in [3.63, 3.8) is 0 Å². The van der Waals surface area contributed by atoms with Crippen molar-refractivity contribution in [3.8, 4) is 0 Å². The van der Waals surface area contributed by atoms with Crippen LogP contribution in [0, 0.1) is 0 Å². The third kappa shape index (κ3) is 3.23. The van der Waals surface area contributed by atoms with Crippen molar-refractivity contribution >= 4 is 11.7 Å². The van der Waals surface area contributed by atoms with Gasteiger partial charge >= 0.3 is 0 Å². The SMILES string of the molecule is CC[C@H](N)c1ccnc(N2CCN(C(C)=O)CC2)c1. The Bertz CT molecular complexity index is 441. The maximum atomic E-state index is 11.3. The summed E-state index contributed by atoms with van der Waals surface area (Å²) in [7, 11) is 0. The highest BCUT2D eigenvalue weighted by atomic mass is 16.2. The van der Waals surface area contributed by atoms with Gasteiger partial charge in [0.05, 0.1) is 0 Å². The molecular weight excluding hydrogens is 240 g/mol. The second-order valence-corrected chi connectivity index (χ2v) is 4.96. The van der Waals surface area contributed by atoms with E-state index in [1.54, 1.807) is 6.92 Å². The first-order valence-electron chi connectivity index (χ1n) is 6.83. The fourth-order valence-corrected chi connectivity index (χ4v) is 2.32. The maximum absolute atomic E-state index is 11.3. The van der Waals surface area contributed by atoms with Crippen LogP contribution in [0.5, 0.6) is 0 Å². The van der Waals surface area contributed by atoms with E-state index in [0.717, 1.165) is 44.0 Å². The molecule has 0 unspecified atom stereocenters. The van der Waals surface area contributed by atoms with Crippen LogP contribution in [0.15, 0.2) is 18.3 Å². The van der Waals surface area contributed by atoms with Gasteiger partial charge in [-0.25, -0.2) is 4.98 Å². The third-order valence-electron chi connectivity index (χ3n) is 3.69. The van der Waals surface area contributed by atoms with Gasteiger partial charge in [0.1, 0.15) is 5.82 Å². The van der Waals surface area contributed by atoms with Crippen molar-refractivity contribution in [2.75, 3.05) is 31.1 Å². The van der Waals surface area contributed by atoms with Gasteiger partial charge in [-0.15, -0.1) is 0 Å². The van der Waals surface area contributed by atoms with Crippen LogP contribution in [0.4, 0.5) is 5.82 Å². The van der Waals surface area contributed by atoms with Gasteiger partial charge in [-0.2, -0.15) is 0 Å². The Labute approximate surface area is 114 Å². The molecule has 1 atom stereocenters. The van der Waals surface area contributed by atoms with Crippen molar-refractivity contribution in [3.05, 3.63) is 23.9 Å². The van der Waals surface area contributed by atoms with Gasteiger partial charge in [-0.1, -0.05) is 6.92 Å². The molecule has 0 saturated carbocycles. The van der Waals surface area contributed by atoms with Gasteiger partial charge in [0.15, 0.2) is 0 Å². The number of amides is 1. The van der Waals surface area contributed by atoms with Gasteiger partial charge in [-0.05, 0) is 24.1 Å². The Kier molecular flexibility index (Phi) is 4.37. The molecule has 0 aliphatic carbocycles. The van der Waals surface area contributed by atoms with Gasteiger partial charge in [0.2, 0.25) is 5.91 Å². The van der Waals surface area contributed by atoms with Crippen molar-refractivity contribution in [1.82, 2.24) is 9.88 Å². The number of aromatic nitrogens is 1. The molecule has 1 fully saturated rings. The lowest BCUT2D eigenvalue weighted by Crippen LogP contribution is -2.48. The van der Waals surface area contributed by atoms with E-state index in [9.17, 15) is 4.79 Å². The van der Waals surface area contributed by atoms with Crippen molar-refractivity contribution in [2.45, 2.75) is 26.3 Å². The van der Waals surface area contributed by atoms with Gasteiger partial charge in [0, 0.05) is 45.3 Å². The van der Waals surface area contributed by atoms with Crippen LogP contribution in [0.1, 0.15) is 31.9 Å². The summed E-state index contributed by atoms with van der Waals surface area (Å²) in [5, 5.41) is 0. The zero-order valence-electron chi connectivity index (χ0n) is 11.7. The Morgan fingerprint density at radius 2 is 2.11 bits per heavy atom. The lowest BCUT2D eigenvalue weighted by molar-refractivity contribution is -0.129. The zero-order chi connectivity index (χ0) is 13.8. The molecule has 1 aromatic heterocycles. The third-order valence-corrected chi connectivity index (χ3v) is 3.69. The van der Waals surface area contributed by atoms with Crippen LogP contribution in [0.3, 0.4) is 0 Å². The number of hydrogen-bond donors (Lipinski definition) is 1. The molecule has 1 aromatic rings. The monoisotopic (exact) mass is 262 g/mol. The Morgan fingerprint density at radius 3 is 2.68 bits per heavy atom. The minimum atomic E-state index is 0.0697. The predicted molar refractivity (Wildman–Crippen MR) is 75.9 cm³/mol. The number of hydrogen-bond acceptors (Lipinski definition) is 4. The summed E-state index contributed by atoms with van der Waals surface area (Å²) in [6, 6.07) is 4.11. The second kappa shape index (κ2) is 6.02. The summed E-state index contributed by atoms with van der Waals surface area (Å²) in [6.07, 6.45) is 2.74. The van der Waals surface area contributed by atoms with Gasteiger partial charge < -0.3 is 15.5 Å². The van der Waals surface area contributed by atoms with E-state index in [4.69, 9.17) is 5.73 Å². The molecule has 1 amide bonds. The van der Waals surface area contributed by atoms with E-state index in [2.05, 4.69) is 22.9 Å². The number of nitrogens with zero attached hydrogens (tertiary/aromatic N) is 3. The minimum absolute atomic E-state index is 0.0697. The van der Waals surface area contributed by atoms with Crippen molar-refractivity contribution in [1.29, 1.82) is 0 Å². The number of carbonyl (C=O) groups is 1. The quantitative estimate of drug-likeness (QED) is 0.888. The Balaban J connectivity index is 2.05. The number of carbonyl (C=O) groups excluding carboxylic acids is 1. The molecule has 104 valence electrons. The first-order chi connectivity index (χ1) is 9.11. The molecule has 19 heavy (non-hydrogen) atoms. The zero-order valence-corrected chi connectivity index (χ0v) is 11.7. The molecule has 0 bridgehead atoms.